The van der Waals surface area contributed by atoms with E-state index in [1.807, 2.05) is 34.6 Å². The Bertz CT molecular complexity index is 1090. The maximum Gasteiger partial charge on any atom is 0.336 e. The summed E-state index contributed by atoms with van der Waals surface area (Å²) >= 11 is 0. The quantitative estimate of drug-likeness (QED) is 0.423. The fraction of sp³-hybridized carbons (Fsp3) is 0.385. The van der Waals surface area contributed by atoms with Crippen molar-refractivity contribution in [2.45, 2.75) is 54.6 Å². The zero-order valence-corrected chi connectivity index (χ0v) is 20.3. The molecule has 0 radical (unpaired) electrons. The number of carboxylic acids is 1. The Hall–Kier alpha value is -3.28. The number of carbonyl (C=O) groups is 2. The molecule has 2 aromatic carbocycles. The smallest absolute Gasteiger partial charge is 0.336 e. The zero-order chi connectivity index (χ0) is 24.3. The van der Waals surface area contributed by atoms with E-state index in [9.17, 15) is 14.7 Å². The van der Waals surface area contributed by atoms with Crippen LogP contribution < -0.4 is 14.2 Å². The van der Waals surface area contributed by atoms with Gasteiger partial charge in [0.2, 0.25) is 0 Å². The highest BCUT2D eigenvalue weighted by Crippen LogP contribution is 2.38. The first-order valence-corrected chi connectivity index (χ1v) is 10.4. The molecule has 0 unspecified atom stereocenters. The average Bonchev–Trinajstić information content (AvgIpc) is 2.70. The predicted octanol–water partition coefficient (Wildman–Crippen LogP) is 5.63. The molecule has 0 amide bonds. The molecular weight excluding hydrogens is 408 g/mol. The van der Waals surface area contributed by atoms with E-state index in [0.29, 0.717) is 45.1 Å². The molecule has 6 nitrogen and oxygen atoms in total. The van der Waals surface area contributed by atoms with E-state index < -0.39 is 5.97 Å². The molecule has 0 spiro atoms. The Balaban J connectivity index is 2.65. The van der Waals surface area contributed by atoms with Gasteiger partial charge in [-0.3, -0.25) is 4.79 Å². The van der Waals surface area contributed by atoms with Gasteiger partial charge in [0.05, 0.1) is 31.5 Å². The largest absolute Gasteiger partial charge is 0.496 e. The van der Waals surface area contributed by atoms with Crippen LogP contribution >= 0.6 is 0 Å². The van der Waals surface area contributed by atoms with E-state index in [4.69, 9.17) is 14.2 Å². The van der Waals surface area contributed by atoms with Gasteiger partial charge in [0.1, 0.15) is 17.2 Å². The second-order valence-corrected chi connectivity index (χ2v) is 8.10. The minimum absolute atomic E-state index is 0.160. The van der Waals surface area contributed by atoms with Crippen molar-refractivity contribution in [2.75, 3.05) is 14.2 Å². The van der Waals surface area contributed by atoms with E-state index in [1.54, 1.807) is 40.2 Å². The van der Waals surface area contributed by atoms with Gasteiger partial charge in [-0.05, 0) is 83.4 Å². The Morgan fingerprint density at radius 3 is 1.88 bits per heavy atom. The number of benzene rings is 2. The van der Waals surface area contributed by atoms with Crippen molar-refractivity contribution in [1.82, 2.24) is 0 Å². The Kier molecular flexibility index (Phi) is 7.73. The molecule has 0 bridgehead atoms. The summed E-state index contributed by atoms with van der Waals surface area (Å²) in [6.45, 7) is 12.8. The number of hydrogen-bond acceptors (Lipinski definition) is 5. The molecule has 0 aromatic heterocycles. The lowest BCUT2D eigenvalue weighted by atomic mass is 9.93. The normalized spacial score (nSPS) is 11.2. The highest BCUT2D eigenvalue weighted by atomic mass is 16.5. The summed E-state index contributed by atoms with van der Waals surface area (Å²) < 4.78 is 17.0. The average molecular weight is 441 g/mol. The van der Waals surface area contributed by atoms with Crippen LogP contribution in [0.3, 0.4) is 0 Å². The molecule has 2 aromatic rings. The fourth-order valence-corrected chi connectivity index (χ4v) is 4.04. The Morgan fingerprint density at radius 1 is 0.844 bits per heavy atom. The van der Waals surface area contributed by atoms with Gasteiger partial charge in [-0.25, -0.2) is 4.79 Å². The topological polar surface area (TPSA) is 82.1 Å². The number of carbonyl (C=O) groups excluding carboxylic acids is 1. The lowest BCUT2D eigenvalue weighted by molar-refractivity contribution is 0.0694. The zero-order valence-electron chi connectivity index (χ0n) is 20.3. The number of aryl methyl sites for hydroxylation is 1. The molecule has 0 heterocycles. The number of carboxylic acid groups (broad SMARTS) is 1. The van der Waals surface area contributed by atoms with E-state index in [2.05, 4.69) is 0 Å². The van der Waals surface area contributed by atoms with Crippen LogP contribution in [0.1, 0.15) is 67.9 Å². The van der Waals surface area contributed by atoms with Crippen LogP contribution in [0.15, 0.2) is 12.1 Å². The maximum atomic E-state index is 13.3. The lowest BCUT2D eigenvalue weighted by Crippen LogP contribution is -2.12. The summed E-state index contributed by atoms with van der Waals surface area (Å²) in [5.41, 5.74) is 4.87. The van der Waals surface area contributed by atoms with Crippen LogP contribution in [0.2, 0.25) is 0 Å². The van der Waals surface area contributed by atoms with E-state index in [-0.39, 0.29) is 17.5 Å². The van der Waals surface area contributed by atoms with Crippen molar-refractivity contribution in [3.63, 3.8) is 0 Å². The third kappa shape index (κ3) is 4.64. The van der Waals surface area contributed by atoms with Gasteiger partial charge in [0.15, 0.2) is 5.78 Å². The van der Waals surface area contributed by atoms with Crippen molar-refractivity contribution >= 4 is 17.8 Å². The minimum Gasteiger partial charge on any atom is -0.496 e. The van der Waals surface area contributed by atoms with Crippen molar-refractivity contribution in [3.05, 3.63) is 56.6 Å². The van der Waals surface area contributed by atoms with Gasteiger partial charge in [-0.1, -0.05) is 0 Å². The summed E-state index contributed by atoms with van der Waals surface area (Å²) in [5, 5.41) is 9.60. The third-order valence-electron chi connectivity index (χ3n) is 5.57. The lowest BCUT2D eigenvalue weighted by Gasteiger charge is -2.19. The highest BCUT2D eigenvalue weighted by molar-refractivity contribution is 6.10. The molecule has 0 aliphatic carbocycles. The molecule has 0 saturated heterocycles. The van der Waals surface area contributed by atoms with Crippen LogP contribution in [-0.4, -0.2) is 37.2 Å². The van der Waals surface area contributed by atoms with Gasteiger partial charge in [0.25, 0.3) is 0 Å². The number of aromatic carboxylic acids is 1. The SMILES string of the molecule is COc1c(C)c(C)c(OC)c(C(=O)C=Cc2cc(C)c(C(=O)O)c(C)c2OC(C)C)c1C. The maximum absolute atomic E-state index is 13.3. The van der Waals surface area contributed by atoms with Crippen LogP contribution in [0.4, 0.5) is 0 Å². The first-order valence-electron chi connectivity index (χ1n) is 10.4. The number of ether oxygens (including phenoxy) is 3. The molecule has 1 N–H and O–H groups in total. The third-order valence-corrected chi connectivity index (χ3v) is 5.57. The molecule has 0 aliphatic heterocycles. The summed E-state index contributed by atoms with van der Waals surface area (Å²) in [4.78, 5) is 25.0. The second-order valence-electron chi connectivity index (χ2n) is 8.10. The molecule has 0 atom stereocenters. The number of allylic oxidation sites excluding steroid dienone is 1. The molecule has 0 saturated carbocycles. The van der Waals surface area contributed by atoms with Crippen molar-refractivity contribution in [1.29, 1.82) is 0 Å². The number of rotatable bonds is 8. The van der Waals surface area contributed by atoms with Gasteiger partial charge in [-0.2, -0.15) is 0 Å². The van der Waals surface area contributed by atoms with Gasteiger partial charge < -0.3 is 19.3 Å². The van der Waals surface area contributed by atoms with Crippen molar-refractivity contribution < 1.29 is 28.9 Å². The molecule has 172 valence electrons. The minimum atomic E-state index is -1.01. The number of methoxy groups -OCH3 is 2. The molecule has 32 heavy (non-hydrogen) atoms. The summed E-state index contributed by atoms with van der Waals surface area (Å²) in [6.07, 6.45) is 2.96. The van der Waals surface area contributed by atoms with Crippen LogP contribution in [0, 0.1) is 34.6 Å². The van der Waals surface area contributed by atoms with E-state index >= 15 is 0 Å². The van der Waals surface area contributed by atoms with Crippen LogP contribution in [0.25, 0.3) is 6.08 Å². The first-order chi connectivity index (χ1) is 15.0. The second kappa shape index (κ2) is 9.90. The molecular formula is C26H32O6. The number of ketones is 1. The Morgan fingerprint density at radius 2 is 1.38 bits per heavy atom. The summed E-state index contributed by atoms with van der Waals surface area (Å²) in [5.74, 6) is 0.370. The first kappa shape index (κ1) is 25.0. The Labute approximate surface area is 189 Å². The van der Waals surface area contributed by atoms with Gasteiger partial charge in [-0.15, -0.1) is 0 Å². The van der Waals surface area contributed by atoms with E-state index in [1.165, 1.54) is 6.08 Å². The summed E-state index contributed by atoms with van der Waals surface area (Å²) in [6, 6.07) is 1.73. The molecule has 0 fully saturated rings. The van der Waals surface area contributed by atoms with Gasteiger partial charge >= 0.3 is 5.97 Å². The number of hydrogen-bond donors (Lipinski definition) is 1. The van der Waals surface area contributed by atoms with Crippen LogP contribution in [-0.2, 0) is 0 Å². The van der Waals surface area contributed by atoms with Crippen LogP contribution in [0.5, 0.6) is 17.2 Å². The fourth-order valence-electron chi connectivity index (χ4n) is 4.04. The molecule has 2 rings (SSSR count). The highest BCUT2D eigenvalue weighted by Gasteiger charge is 2.23. The molecule has 0 aliphatic rings. The summed E-state index contributed by atoms with van der Waals surface area (Å²) in [7, 11) is 3.12. The van der Waals surface area contributed by atoms with Crippen molar-refractivity contribution in [3.8, 4) is 17.2 Å². The molecule has 6 heteroatoms. The van der Waals surface area contributed by atoms with E-state index in [0.717, 1.165) is 11.1 Å². The standard InChI is InChI=1S/C26H32O6/c1-13(2)32-24-17(6)21(26(28)29)14(3)12-19(24)10-11-20(27)22-18(7)23(30-8)15(4)16(5)25(22)31-9/h10-13H,1-9H3,(H,28,29). The monoisotopic (exact) mass is 440 g/mol. The van der Waals surface area contributed by atoms with Crippen molar-refractivity contribution in [2.24, 2.45) is 0 Å². The predicted molar refractivity (Wildman–Crippen MR) is 126 cm³/mol. The van der Waals surface area contributed by atoms with Gasteiger partial charge in [0, 0.05) is 16.7 Å².